The Hall–Kier alpha value is -2.78. The third-order valence-corrected chi connectivity index (χ3v) is 3.47. The fourth-order valence-corrected chi connectivity index (χ4v) is 2.27. The molecule has 0 aromatic heterocycles. The van der Waals surface area contributed by atoms with Gasteiger partial charge in [-0.25, -0.2) is 0 Å². The molecule has 0 bridgehead atoms. The summed E-state index contributed by atoms with van der Waals surface area (Å²) in [5, 5.41) is 0. The Morgan fingerprint density at radius 3 is 2.27 bits per heavy atom. The summed E-state index contributed by atoms with van der Waals surface area (Å²) in [5.74, 6) is 6.31. The number of nitrogens with one attached hydrogen (secondary N) is 1. The average molecular weight is 290 g/mol. The SMILES string of the molecule is NNc1cccc(-c2ccc(OCc3ccccc3)cc2)c1. The van der Waals surface area contributed by atoms with Crippen molar-refractivity contribution in [1.82, 2.24) is 0 Å². The van der Waals surface area contributed by atoms with Crippen LogP contribution >= 0.6 is 0 Å². The van der Waals surface area contributed by atoms with Gasteiger partial charge in [0.15, 0.2) is 0 Å². The van der Waals surface area contributed by atoms with Crippen LogP contribution in [0.5, 0.6) is 5.75 Å². The predicted molar refractivity (Wildman–Crippen MR) is 90.5 cm³/mol. The van der Waals surface area contributed by atoms with Gasteiger partial charge in [0, 0.05) is 5.69 Å². The average Bonchev–Trinajstić information content (AvgIpc) is 2.61. The molecule has 0 aliphatic rings. The number of anilines is 1. The molecule has 0 fully saturated rings. The number of hydrazine groups is 1. The molecule has 0 heterocycles. The van der Waals surface area contributed by atoms with Gasteiger partial charge in [0.2, 0.25) is 0 Å². The highest BCUT2D eigenvalue weighted by Gasteiger charge is 2.00. The third kappa shape index (κ3) is 3.45. The molecule has 3 nitrogen and oxygen atoms in total. The van der Waals surface area contributed by atoms with Gasteiger partial charge in [-0.05, 0) is 41.0 Å². The second-order valence-electron chi connectivity index (χ2n) is 5.02. The van der Waals surface area contributed by atoms with Gasteiger partial charge in [0.05, 0.1) is 0 Å². The van der Waals surface area contributed by atoms with Crippen LogP contribution in [0.2, 0.25) is 0 Å². The molecule has 3 aromatic carbocycles. The molecule has 3 aromatic rings. The zero-order valence-corrected chi connectivity index (χ0v) is 12.2. The van der Waals surface area contributed by atoms with Crippen molar-refractivity contribution < 1.29 is 4.74 Å². The summed E-state index contributed by atoms with van der Waals surface area (Å²) in [6, 6.07) is 26.2. The van der Waals surface area contributed by atoms with Crippen LogP contribution in [0.3, 0.4) is 0 Å². The molecule has 0 spiro atoms. The van der Waals surface area contributed by atoms with E-state index in [1.165, 1.54) is 0 Å². The van der Waals surface area contributed by atoms with Crippen LogP contribution in [0.4, 0.5) is 5.69 Å². The minimum atomic E-state index is 0.576. The zero-order chi connectivity index (χ0) is 15.2. The first-order chi connectivity index (χ1) is 10.8. The van der Waals surface area contributed by atoms with Crippen LogP contribution in [0.15, 0.2) is 78.9 Å². The van der Waals surface area contributed by atoms with E-state index in [9.17, 15) is 0 Å². The lowest BCUT2D eigenvalue weighted by atomic mass is 10.1. The quantitative estimate of drug-likeness (QED) is 0.546. The van der Waals surface area contributed by atoms with Crippen LogP contribution < -0.4 is 16.0 Å². The van der Waals surface area contributed by atoms with E-state index in [4.69, 9.17) is 10.6 Å². The van der Waals surface area contributed by atoms with E-state index >= 15 is 0 Å². The van der Waals surface area contributed by atoms with E-state index in [1.807, 2.05) is 48.5 Å². The first kappa shape index (κ1) is 14.2. The predicted octanol–water partition coefficient (Wildman–Crippen LogP) is 4.22. The number of nitrogen functional groups attached to an aromatic ring is 1. The molecule has 0 unspecified atom stereocenters. The third-order valence-electron chi connectivity index (χ3n) is 3.47. The summed E-state index contributed by atoms with van der Waals surface area (Å²) in [5.41, 5.74) is 6.96. The lowest BCUT2D eigenvalue weighted by molar-refractivity contribution is 0.306. The van der Waals surface area contributed by atoms with E-state index in [2.05, 4.69) is 35.8 Å². The number of nitrogens with two attached hydrogens (primary N) is 1. The molecule has 0 atom stereocenters. The Labute approximate surface area is 130 Å². The monoisotopic (exact) mass is 290 g/mol. The fourth-order valence-electron chi connectivity index (χ4n) is 2.27. The first-order valence-electron chi connectivity index (χ1n) is 7.19. The number of rotatable bonds is 5. The fraction of sp³-hybridized carbons (Fsp3) is 0.0526. The number of benzene rings is 3. The zero-order valence-electron chi connectivity index (χ0n) is 12.2. The minimum Gasteiger partial charge on any atom is -0.489 e. The standard InChI is InChI=1S/C19H18N2O/c20-21-18-8-4-7-17(13-18)16-9-11-19(12-10-16)22-14-15-5-2-1-3-6-15/h1-13,21H,14,20H2. The van der Waals surface area contributed by atoms with Crippen LogP contribution in [0.1, 0.15) is 5.56 Å². The molecule has 0 aliphatic heterocycles. The van der Waals surface area contributed by atoms with E-state index in [-0.39, 0.29) is 0 Å². The molecule has 110 valence electrons. The molecule has 3 rings (SSSR count). The van der Waals surface area contributed by atoms with Crippen molar-refractivity contribution in [3.8, 4) is 16.9 Å². The van der Waals surface area contributed by atoms with E-state index < -0.39 is 0 Å². The molecule has 3 heteroatoms. The maximum absolute atomic E-state index is 5.80. The van der Waals surface area contributed by atoms with Gasteiger partial charge in [-0.1, -0.05) is 54.6 Å². The van der Waals surface area contributed by atoms with Gasteiger partial charge in [-0.3, -0.25) is 5.84 Å². The Morgan fingerprint density at radius 2 is 1.55 bits per heavy atom. The van der Waals surface area contributed by atoms with Crippen molar-refractivity contribution >= 4 is 5.69 Å². The summed E-state index contributed by atoms with van der Waals surface area (Å²) in [6.45, 7) is 0.576. The molecule has 0 aliphatic carbocycles. The van der Waals surface area contributed by atoms with Gasteiger partial charge in [0.25, 0.3) is 0 Å². The Morgan fingerprint density at radius 1 is 0.773 bits per heavy atom. The molecule has 0 amide bonds. The van der Waals surface area contributed by atoms with Crippen molar-refractivity contribution in [3.63, 3.8) is 0 Å². The maximum Gasteiger partial charge on any atom is 0.119 e. The van der Waals surface area contributed by atoms with Crippen molar-refractivity contribution in [3.05, 3.63) is 84.4 Å². The number of hydrogen-bond donors (Lipinski definition) is 2. The van der Waals surface area contributed by atoms with Crippen molar-refractivity contribution in [2.24, 2.45) is 5.84 Å². The van der Waals surface area contributed by atoms with Crippen molar-refractivity contribution in [2.45, 2.75) is 6.61 Å². The van der Waals surface area contributed by atoms with Crippen LogP contribution in [0.25, 0.3) is 11.1 Å². The highest BCUT2D eigenvalue weighted by molar-refractivity contribution is 5.68. The Bertz CT molecular complexity index is 724. The second kappa shape index (κ2) is 6.78. The first-order valence-corrected chi connectivity index (χ1v) is 7.19. The lowest BCUT2D eigenvalue weighted by Crippen LogP contribution is -2.06. The molecular weight excluding hydrogens is 272 g/mol. The van der Waals surface area contributed by atoms with Crippen LogP contribution in [-0.2, 0) is 6.61 Å². The minimum absolute atomic E-state index is 0.576. The summed E-state index contributed by atoms with van der Waals surface area (Å²) in [6.07, 6.45) is 0. The van der Waals surface area contributed by atoms with E-state index in [1.54, 1.807) is 0 Å². The number of hydrogen-bond acceptors (Lipinski definition) is 3. The smallest absolute Gasteiger partial charge is 0.119 e. The molecule has 0 saturated carbocycles. The van der Waals surface area contributed by atoms with E-state index in [0.717, 1.165) is 28.1 Å². The summed E-state index contributed by atoms with van der Waals surface area (Å²) < 4.78 is 5.80. The van der Waals surface area contributed by atoms with Crippen LogP contribution in [0, 0.1) is 0 Å². The Balaban J connectivity index is 1.69. The molecule has 0 radical (unpaired) electrons. The topological polar surface area (TPSA) is 47.3 Å². The van der Waals surface area contributed by atoms with Gasteiger partial charge >= 0.3 is 0 Å². The Kier molecular flexibility index (Phi) is 4.37. The van der Waals surface area contributed by atoms with Crippen molar-refractivity contribution in [1.29, 1.82) is 0 Å². The van der Waals surface area contributed by atoms with Gasteiger partial charge in [-0.2, -0.15) is 0 Å². The van der Waals surface area contributed by atoms with Gasteiger partial charge < -0.3 is 10.2 Å². The molecule has 3 N–H and O–H groups in total. The largest absolute Gasteiger partial charge is 0.489 e. The molecular formula is C19H18N2O. The van der Waals surface area contributed by atoms with E-state index in [0.29, 0.717) is 6.61 Å². The van der Waals surface area contributed by atoms with Crippen molar-refractivity contribution in [2.75, 3.05) is 5.43 Å². The van der Waals surface area contributed by atoms with Gasteiger partial charge in [-0.15, -0.1) is 0 Å². The normalized spacial score (nSPS) is 10.2. The maximum atomic E-state index is 5.80. The lowest BCUT2D eigenvalue weighted by Gasteiger charge is -2.08. The highest BCUT2D eigenvalue weighted by atomic mass is 16.5. The summed E-state index contributed by atoms with van der Waals surface area (Å²) in [7, 11) is 0. The molecule has 22 heavy (non-hydrogen) atoms. The van der Waals surface area contributed by atoms with Crippen LogP contribution in [-0.4, -0.2) is 0 Å². The molecule has 0 saturated heterocycles. The summed E-state index contributed by atoms with van der Waals surface area (Å²) in [4.78, 5) is 0. The number of ether oxygens (including phenoxy) is 1. The highest BCUT2D eigenvalue weighted by Crippen LogP contribution is 2.24. The summed E-state index contributed by atoms with van der Waals surface area (Å²) >= 11 is 0. The second-order valence-corrected chi connectivity index (χ2v) is 5.02. The van der Waals surface area contributed by atoms with Gasteiger partial charge in [0.1, 0.15) is 12.4 Å².